The number of anilines is 2. The largest absolute Gasteiger partial charge is 0.339 e. The molecule has 0 fully saturated rings. The first-order chi connectivity index (χ1) is 10.8. The molecule has 4 rings (SSSR count). The van der Waals surface area contributed by atoms with Gasteiger partial charge in [0, 0.05) is 17.0 Å². The smallest absolute Gasteiger partial charge is 0.143 e. The summed E-state index contributed by atoms with van der Waals surface area (Å²) in [6.45, 7) is 4.24. The van der Waals surface area contributed by atoms with E-state index in [2.05, 4.69) is 43.4 Å². The van der Waals surface area contributed by atoms with Crippen LogP contribution in [0, 0.1) is 6.92 Å². The fourth-order valence-electron chi connectivity index (χ4n) is 3.13. The Bertz CT molecular complexity index is 851. The molecule has 1 N–H and O–H groups in total. The molecule has 0 amide bonds. The monoisotopic (exact) mass is 309 g/mol. The van der Waals surface area contributed by atoms with Gasteiger partial charge in [-0.25, -0.2) is 9.97 Å². The minimum atomic E-state index is 0.862. The molecular weight excluding hydrogens is 290 g/mol. The van der Waals surface area contributed by atoms with Crippen molar-refractivity contribution in [3.05, 3.63) is 46.1 Å². The van der Waals surface area contributed by atoms with E-state index in [0.29, 0.717) is 0 Å². The van der Waals surface area contributed by atoms with Gasteiger partial charge in [0.05, 0.1) is 5.39 Å². The van der Waals surface area contributed by atoms with Gasteiger partial charge in [0.2, 0.25) is 0 Å². The molecule has 3 nitrogen and oxygen atoms in total. The SMILES string of the molecule is CCc1nc(Nc2ccccc2C)c2c3c(sc2n1)CCC3. The van der Waals surface area contributed by atoms with Gasteiger partial charge in [-0.2, -0.15) is 0 Å². The molecule has 0 bridgehead atoms. The first-order valence-electron chi connectivity index (χ1n) is 7.90. The van der Waals surface area contributed by atoms with Gasteiger partial charge in [-0.3, -0.25) is 0 Å². The summed E-state index contributed by atoms with van der Waals surface area (Å²) in [5.74, 6) is 1.90. The molecule has 0 atom stereocenters. The minimum Gasteiger partial charge on any atom is -0.339 e. The Morgan fingerprint density at radius 1 is 1.18 bits per heavy atom. The van der Waals surface area contributed by atoms with Crippen molar-refractivity contribution < 1.29 is 0 Å². The van der Waals surface area contributed by atoms with Crippen LogP contribution >= 0.6 is 11.3 Å². The third kappa shape index (κ3) is 2.18. The first-order valence-corrected chi connectivity index (χ1v) is 8.71. The van der Waals surface area contributed by atoms with E-state index >= 15 is 0 Å². The van der Waals surface area contributed by atoms with E-state index in [4.69, 9.17) is 9.97 Å². The number of aromatic nitrogens is 2. The Labute approximate surface area is 134 Å². The third-order valence-corrected chi connectivity index (χ3v) is 5.51. The van der Waals surface area contributed by atoms with E-state index < -0.39 is 0 Å². The Morgan fingerprint density at radius 2 is 2.05 bits per heavy atom. The summed E-state index contributed by atoms with van der Waals surface area (Å²) in [5.41, 5.74) is 3.83. The van der Waals surface area contributed by atoms with E-state index in [1.165, 1.54) is 34.2 Å². The van der Waals surface area contributed by atoms with Crippen LogP contribution in [-0.2, 0) is 19.3 Å². The quantitative estimate of drug-likeness (QED) is 0.755. The lowest BCUT2D eigenvalue weighted by atomic mass is 10.1. The molecule has 0 saturated heterocycles. The van der Waals surface area contributed by atoms with Gasteiger partial charge in [0.1, 0.15) is 16.5 Å². The van der Waals surface area contributed by atoms with Crippen molar-refractivity contribution in [3.8, 4) is 0 Å². The normalized spacial score (nSPS) is 13.5. The summed E-state index contributed by atoms with van der Waals surface area (Å²) in [7, 11) is 0. The zero-order valence-corrected chi connectivity index (χ0v) is 13.8. The highest BCUT2D eigenvalue weighted by molar-refractivity contribution is 7.19. The van der Waals surface area contributed by atoms with Gasteiger partial charge in [0.15, 0.2) is 0 Å². The van der Waals surface area contributed by atoms with Crippen LogP contribution in [0.15, 0.2) is 24.3 Å². The molecule has 3 aromatic rings. The fraction of sp³-hybridized carbons (Fsp3) is 0.333. The van der Waals surface area contributed by atoms with E-state index in [0.717, 1.165) is 35.0 Å². The predicted octanol–water partition coefficient (Wildman–Crippen LogP) is 4.79. The highest BCUT2D eigenvalue weighted by Crippen LogP contribution is 2.40. The molecule has 112 valence electrons. The van der Waals surface area contributed by atoms with Crippen molar-refractivity contribution in [2.24, 2.45) is 0 Å². The topological polar surface area (TPSA) is 37.8 Å². The summed E-state index contributed by atoms with van der Waals surface area (Å²) in [4.78, 5) is 12.2. The number of nitrogens with zero attached hydrogens (tertiary/aromatic N) is 2. The van der Waals surface area contributed by atoms with Crippen molar-refractivity contribution in [1.82, 2.24) is 9.97 Å². The van der Waals surface area contributed by atoms with Gasteiger partial charge >= 0.3 is 0 Å². The van der Waals surface area contributed by atoms with Crippen molar-refractivity contribution in [3.63, 3.8) is 0 Å². The van der Waals surface area contributed by atoms with Crippen LogP contribution in [0.2, 0.25) is 0 Å². The highest BCUT2D eigenvalue weighted by atomic mass is 32.1. The van der Waals surface area contributed by atoms with Gasteiger partial charge < -0.3 is 5.32 Å². The molecule has 2 heterocycles. The van der Waals surface area contributed by atoms with Crippen LogP contribution < -0.4 is 5.32 Å². The maximum absolute atomic E-state index is 4.79. The Kier molecular flexibility index (Phi) is 3.34. The molecule has 2 aromatic heterocycles. The Hall–Kier alpha value is -1.94. The Morgan fingerprint density at radius 3 is 2.86 bits per heavy atom. The van der Waals surface area contributed by atoms with E-state index in [1.807, 2.05) is 11.3 Å². The second-order valence-corrected chi connectivity index (χ2v) is 6.90. The number of rotatable bonds is 3. The second kappa shape index (κ2) is 5.36. The number of para-hydroxylation sites is 1. The average Bonchev–Trinajstić information content (AvgIpc) is 3.09. The van der Waals surface area contributed by atoms with Crippen LogP contribution in [-0.4, -0.2) is 9.97 Å². The number of hydrogen-bond donors (Lipinski definition) is 1. The summed E-state index contributed by atoms with van der Waals surface area (Å²) < 4.78 is 0. The van der Waals surface area contributed by atoms with Gasteiger partial charge in [-0.15, -0.1) is 11.3 Å². The number of hydrogen-bond acceptors (Lipinski definition) is 4. The summed E-state index contributed by atoms with van der Waals surface area (Å²) in [6.07, 6.45) is 4.48. The van der Waals surface area contributed by atoms with Gasteiger partial charge in [-0.05, 0) is 43.4 Å². The standard InChI is InChI=1S/C18H19N3S/c1-3-15-20-17(19-13-9-5-4-7-11(13)2)16-12-8-6-10-14(12)22-18(16)21-15/h4-5,7,9H,3,6,8,10H2,1-2H3,(H,19,20,21). The number of thiophene rings is 1. The average molecular weight is 309 g/mol. The maximum atomic E-state index is 4.79. The summed E-state index contributed by atoms with van der Waals surface area (Å²) in [6, 6.07) is 8.36. The van der Waals surface area contributed by atoms with Crippen LogP contribution in [0.1, 0.15) is 35.2 Å². The molecule has 1 aromatic carbocycles. The molecule has 0 unspecified atom stereocenters. The molecule has 1 aliphatic rings. The predicted molar refractivity (Wildman–Crippen MR) is 93.3 cm³/mol. The van der Waals surface area contributed by atoms with Gasteiger partial charge in [0.25, 0.3) is 0 Å². The first kappa shape index (κ1) is 13.7. The molecule has 4 heteroatoms. The summed E-state index contributed by atoms with van der Waals surface area (Å²) in [5, 5.41) is 4.81. The van der Waals surface area contributed by atoms with E-state index in [1.54, 1.807) is 0 Å². The van der Waals surface area contributed by atoms with E-state index in [-0.39, 0.29) is 0 Å². The van der Waals surface area contributed by atoms with Crippen LogP contribution in [0.3, 0.4) is 0 Å². The molecule has 0 spiro atoms. The maximum Gasteiger partial charge on any atom is 0.143 e. The van der Waals surface area contributed by atoms with Crippen molar-refractivity contribution in [1.29, 1.82) is 0 Å². The second-order valence-electron chi connectivity index (χ2n) is 5.82. The number of nitrogens with one attached hydrogen (secondary N) is 1. The van der Waals surface area contributed by atoms with Crippen LogP contribution in [0.5, 0.6) is 0 Å². The third-order valence-electron chi connectivity index (χ3n) is 4.33. The Balaban J connectivity index is 1.90. The molecule has 0 radical (unpaired) electrons. The molecule has 0 saturated carbocycles. The van der Waals surface area contributed by atoms with Crippen molar-refractivity contribution in [2.75, 3.05) is 5.32 Å². The number of benzene rings is 1. The van der Waals surface area contributed by atoms with Crippen molar-refractivity contribution in [2.45, 2.75) is 39.5 Å². The zero-order valence-electron chi connectivity index (χ0n) is 12.9. The van der Waals surface area contributed by atoms with Gasteiger partial charge in [-0.1, -0.05) is 25.1 Å². The lowest BCUT2D eigenvalue weighted by Gasteiger charge is -2.11. The highest BCUT2D eigenvalue weighted by Gasteiger charge is 2.22. The molecular formula is C18H19N3S. The number of fused-ring (bicyclic) bond motifs is 3. The summed E-state index contributed by atoms with van der Waals surface area (Å²) >= 11 is 1.85. The lowest BCUT2D eigenvalue weighted by molar-refractivity contribution is 0.915. The lowest BCUT2D eigenvalue weighted by Crippen LogP contribution is -2.01. The fourth-order valence-corrected chi connectivity index (χ4v) is 4.41. The van der Waals surface area contributed by atoms with Crippen LogP contribution in [0.25, 0.3) is 10.2 Å². The van der Waals surface area contributed by atoms with Crippen LogP contribution in [0.4, 0.5) is 11.5 Å². The number of aryl methyl sites for hydroxylation is 4. The minimum absolute atomic E-state index is 0.862. The van der Waals surface area contributed by atoms with E-state index in [9.17, 15) is 0 Å². The molecule has 22 heavy (non-hydrogen) atoms. The van der Waals surface area contributed by atoms with Crippen molar-refractivity contribution >= 4 is 33.1 Å². The zero-order chi connectivity index (χ0) is 15.1. The molecule has 0 aliphatic heterocycles. The molecule has 1 aliphatic carbocycles.